The fourth-order valence-electron chi connectivity index (χ4n) is 2.67. The van der Waals surface area contributed by atoms with Crippen LogP contribution in [0.15, 0.2) is 42.5 Å². The van der Waals surface area contributed by atoms with Crippen LogP contribution >= 0.6 is 46.8 Å². The topological polar surface area (TPSA) is 84.2 Å². The summed E-state index contributed by atoms with van der Waals surface area (Å²) in [5.41, 5.74) is 2.29. The first kappa shape index (κ1) is 20.7. The van der Waals surface area contributed by atoms with Gasteiger partial charge in [-0.25, -0.2) is 0 Å². The van der Waals surface area contributed by atoms with Crippen LogP contribution in [0.2, 0.25) is 10.0 Å². The van der Waals surface area contributed by atoms with Crippen LogP contribution in [-0.4, -0.2) is 30.8 Å². The second-order valence-electron chi connectivity index (χ2n) is 6.31. The fraction of sp³-hybridized carbons (Fsp3) is 0.105. The van der Waals surface area contributed by atoms with Crippen molar-refractivity contribution in [2.24, 2.45) is 0 Å². The summed E-state index contributed by atoms with van der Waals surface area (Å²) in [4.78, 5) is 13.1. The van der Waals surface area contributed by atoms with Gasteiger partial charge in [0.05, 0.1) is 10.6 Å². The lowest BCUT2D eigenvalue weighted by Crippen LogP contribution is -2.38. The Labute approximate surface area is 191 Å². The molecule has 2 aromatic carbocycles. The number of aryl methyl sites for hydroxylation is 1. The van der Waals surface area contributed by atoms with Gasteiger partial charge in [0.2, 0.25) is 4.96 Å². The molecule has 0 spiro atoms. The van der Waals surface area contributed by atoms with Gasteiger partial charge in [0.1, 0.15) is 5.01 Å². The number of carbonyl (C=O) groups is 1. The molecular formula is C19H14Cl2N6OS2. The zero-order valence-corrected chi connectivity index (χ0v) is 18.7. The standard InChI is InChI=1S/C19H14Cl2N6OS2/c1-10-24-25-19-27(10)26-17(30-19)12-4-2-11(3-5-12)9-22-18(29)23-16(28)14-7-6-13(20)8-15(14)21/h2-8H,9H2,1H3,(H2,22,23,28,29). The van der Waals surface area contributed by atoms with Crippen LogP contribution in [0.25, 0.3) is 15.5 Å². The predicted octanol–water partition coefficient (Wildman–Crippen LogP) is 4.27. The number of rotatable bonds is 4. The van der Waals surface area contributed by atoms with E-state index >= 15 is 0 Å². The molecule has 2 N–H and O–H groups in total. The summed E-state index contributed by atoms with van der Waals surface area (Å²) in [6.07, 6.45) is 0. The van der Waals surface area contributed by atoms with E-state index in [9.17, 15) is 4.79 Å². The van der Waals surface area contributed by atoms with Crippen molar-refractivity contribution in [2.75, 3.05) is 0 Å². The molecule has 2 heterocycles. The summed E-state index contributed by atoms with van der Waals surface area (Å²) in [5, 5.41) is 20.0. The Kier molecular flexibility index (Phi) is 5.96. The van der Waals surface area contributed by atoms with Gasteiger partial charge in [0.15, 0.2) is 10.9 Å². The first-order valence-corrected chi connectivity index (χ1v) is 10.7. The van der Waals surface area contributed by atoms with Gasteiger partial charge in [0.25, 0.3) is 5.91 Å². The molecule has 0 fully saturated rings. The number of thiocarbonyl (C=S) groups is 1. The van der Waals surface area contributed by atoms with Gasteiger partial charge in [0, 0.05) is 17.1 Å². The van der Waals surface area contributed by atoms with Crippen molar-refractivity contribution >= 4 is 62.7 Å². The summed E-state index contributed by atoms with van der Waals surface area (Å²) < 4.78 is 1.73. The minimum atomic E-state index is -0.400. The van der Waals surface area contributed by atoms with Crippen molar-refractivity contribution in [3.63, 3.8) is 0 Å². The minimum absolute atomic E-state index is 0.208. The molecule has 0 saturated carbocycles. The van der Waals surface area contributed by atoms with Crippen LogP contribution in [-0.2, 0) is 6.54 Å². The second-order valence-corrected chi connectivity index (χ2v) is 8.51. The molecule has 0 aliphatic heterocycles. The van der Waals surface area contributed by atoms with Crippen LogP contribution in [0.1, 0.15) is 21.7 Å². The summed E-state index contributed by atoms with van der Waals surface area (Å²) in [7, 11) is 0. The zero-order valence-electron chi connectivity index (χ0n) is 15.5. The molecule has 4 aromatic rings. The first-order chi connectivity index (χ1) is 14.4. The number of amides is 1. The first-order valence-electron chi connectivity index (χ1n) is 8.73. The van der Waals surface area contributed by atoms with E-state index in [1.807, 2.05) is 31.2 Å². The Morgan fingerprint density at radius 1 is 1.17 bits per heavy atom. The van der Waals surface area contributed by atoms with Crippen molar-refractivity contribution in [1.29, 1.82) is 0 Å². The molecule has 7 nitrogen and oxygen atoms in total. The maximum Gasteiger partial charge on any atom is 0.258 e. The molecule has 0 atom stereocenters. The molecule has 0 aliphatic rings. The highest BCUT2D eigenvalue weighted by molar-refractivity contribution is 7.80. The molecule has 2 aromatic heterocycles. The van der Waals surface area contributed by atoms with E-state index in [1.54, 1.807) is 16.6 Å². The SMILES string of the molecule is Cc1nnc2sc(-c3ccc(CNC(=S)NC(=O)c4ccc(Cl)cc4Cl)cc3)nn12. The van der Waals surface area contributed by atoms with Crippen LogP contribution < -0.4 is 10.6 Å². The molecular weight excluding hydrogens is 463 g/mol. The maximum absolute atomic E-state index is 12.3. The summed E-state index contributed by atoms with van der Waals surface area (Å²) in [6.45, 7) is 2.32. The Balaban J connectivity index is 1.35. The zero-order chi connectivity index (χ0) is 21.3. The van der Waals surface area contributed by atoms with Gasteiger partial charge >= 0.3 is 0 Å². The average Bonchev–Trinajstić information content (AvgIpc) is 3.29. The summed E-state index contributed by atoms with van der Waals surface area (Å²) in [6, 6.07) is 12.6. The summed E-state index contributed by atoms with van der Waals surface area (Å²) >= 11 is 18.6. The lowest BCUT2D eigenvalue weighted by Gasteiger charge is -2.11. The highest BCUT2D eigenvalue weighted by Crippen LogP contribution is 2.25. The maximum atomic E-state index is 12.3. The van der Waals surface area contributed by atoms with E-state index in [1.165, 1.54) is 17.4 Å². The van der Waals surface area contributed by atoms with Gasteiger partial charge in [-0.15, -0.1) is 10.2 Å². The largest absolute Gasteiger partial charge is 0.358 e. The van der Waals surface area contributed by atoms with Crippen LogP contribution in [0.5, 0.6) is 0 Å². The third-order valence-corrected chi connectivity index (χ3v) is 5.95. The van der Waals surface area contributed by atoms with E-state index in [4.69, 9.17) is 35.4 Å². The fourth-order valence-corrected chi connectivity index (χ4v) is 4.22. The van der Waals surface area contributed by atoms with Crippen molar-refractivity contribution < 1.29 is 4.79 Å². The molecule has 11 heteroatoms. The van der Waals surface area contributed by atoms with Crippen molar-refractivity contribution in [3.05, 3.63) is 69.5 Å². The molecule has 152 valence electrons. The highest BCUT2D eigenvalue weighted by atomic mass is 35.5. The molecule has 0 bridgehead atoms. The lowest BCUT2D eigenvalue weighted by atomic mass is 10.1. The number of nitrogens with zero attached hydrogens (tertiary/aromatic N) is 4. The van der Waals surface area contributed by atoms with Gasteiger partial charge in [-0.3, -0.25) is 10.1 Å². The number of halogens is 2. The van der Waals surface area contributed by atoms with Crippen molar-refractivity contribution in [1.82, 2.24) is 30.4 Å². The van der Waals surface area contributed by atoms with Gasteiger partial charge in [-0.1, -0.05) is 58.8 Å². The Morgan fingerprint density at radius 2 is 1.93 bits per heavy atom. The minimum Gasteiger partial charge on any atom is -0.358 e. The normalized spacial score (nSPS) is 10.9. The molecule has 4 rings (SSSR count). The molecule has 1 amide bonds. The third kappa shape index (κ3) is 4.44. The number of aromatic nitrogens is 4. The third-order valence-electron chi connectivity index (χ3n) is 4.20. The smallest absolute Gasteiger partial charge is 0.258 e. The number of nitrogens with one attached hydrogen (secondary N) is 2. The van der Waals surface area contributed by atoms with E-state index in [-0.39, 0.29) is 10.1 Å². The van der Waals surface area contributed by atoms with Gasteiger partial charge in [-0.2, -0.15) is 9.61 Å². The average molecular weight is 477 g/mol. The number of hydrogen-bond donors (Lipinski definition) is 2. The predicted molar refractivity (Wildman–Crippen MR) is 122 cm³/mol. The molecule has 0 radical (unpaired) electrons. The van der Waals surface area contributed by atoms with Crippen LogP contribution in [0.4, 0.5) is 0 Å². The monoisotopic (exact) mass is 476 g/mol. The number of benzene rings is 2. The highest BCUT2D eigenvalue weighted by Gasteiger charge is 2.13. The summed E-state index contributed by atoms with van der Waals surface area (Å²) in [5.74, 6) is 0.354. The molecule has 0 saturated heterocycles. The molecule has 0 unspecified atom stereocenters. The van der Waals surface area contributed by atoms with Crippen molar-refractivity contribution in [3.8, 4) is 10.6 Å². The quantitative estimate of drug-likeness (QED) is 0.427. The van der Waals surface area contributed by atoms with Crippen LogP contribution in [0, 0.1) is 6.92 Å². The van der Waals surface area contributed by atoms with Gasteiger partial charge in [-0.05, 0) is 42.9 Å². The van der Waals surface area contributed by atoms with Crippen molar-refractivity contribution in [2.45, 2.75) is 13.5 Å². The number of hydrogen-bond acceptors (Lipinski definition) is 6. The Morgan fingerprint density at radius 3 is 2.63 bits per heavy atom. The second kappa shape index (κ2) is 8.65. The lowest BCUT2D eigenvalue weighted by molar-refractivity contribution is 0.0977. The van der Waals surface area contributed by atoms with Crippen LogP contribution in [0.3, 0.4) is 0 Å². The van der Waals surface area contributed by atoms with E-state index in [2.05, 4.69) is 25.9 Å². The molecule has 30 heavy (non-hydrogen) atoms. The Hall–Kier alpha value is -2.59. The number of carbonyl (C=O) groups excluding carboxylic acids is 1. The van der Waals surface area contributed by atoms with E-state index < -0.39 is 5.91 Å². The Bertz CT molecular complexity index is 1250. The van der Waals surface area contributed by atoms with E-state index in [0.29, 0.717) is 17.1 Å². The molecule has 0 aliphatic carbocycles. The number of fused-ring (bicyclic) bond motifs is 1. The van der Waals surface area contributed by atoms with E-state index in [0.717, 1.165) is 26.9 Å². The van der Waals surface area contributed by atoms with Gasteiger partial charge < -0.3 is 5.32 Å².